The number of nitrogens with zero attached hydrogens (tertiary/aromatic N) is 1. The summed E-state index contributed by atoms with van der Waals surface area (Å²) in [5.41, 5.74) is 3.66. The van der Waals surface area contributed by atoms with Crippen LogP contribution in [0.5, 0.6) is 0 Å². The van der Waals surface area contributed by atoms with Gasteiger partial charge in [0.15, 0.2) is 11.2 Å². The van der Waals surface area contributed by atoms with E-state index in [-0.39, 0.29) is 28.6 Å². The third-order valence-corrected chi connectivity index (χ3v) is 6.21. The molecule has 0 aliphatic carbocycles. The van der Waals surface area contributed by atoms with E-state index in [2.05, 4.69) is 55.3 Å². The fourth-order valence-corrected chi connectivity index (χ4v) is 4.21. The van der Waals surface area contributed by atoms with Crippen LogP contribution in [0.4, 0.5) is 0 Å². The molecule has 1 fully saturated rings. The first kappa shape index (κ1) is 23.2. The normalized spacial score (nSPS) is 16.0. The Kier molecular flexibility index (Phi) is 6.68. The molecular weight excluding hydrogens is 416 g/mol. The topological polar surface area (TPSA) is 71.8 Å². The Morgan fingerprint density at radius 2 is 1.76 bits per heavy atom. The zero-order valence-electron chi connectivity index (χ0n) is 19.8. The van der Waals surface area contributed by atoms with Crippen molar-refractivity contribution in [2.45, 2.75) is 39.2 Å². The van der Waals surface area contributed by atoms with Crippen LogP contribution in [0.2, 0.25) is 0 Å². The summed E-state index contributed by atoms with van der Waals surface area (Å²) in [6.07, 6.45) is 0. The Bertz CT molecular complexity index is 1190. The molecule has 0 saturated carbocycles. The lowest BCUT2D eigenvalue weighted by Crippen LogP contribution is -2.43. The molecule has 1 aromatic heterocycles. The molecule has 4 rings (SSSR count). The number of amides is 1. The van der Waals surface area contributed by atoms with Crippen molar-refractivity contribution >= 4 is 16.9 Å². The number of hydrogen-bond donors (Lipinski definition) is 1. The van der Waals surface area contributed by atoms with Crippen LogP contribution in [-0.2, 0) is 10.2 Å². The lowest BCUT2D eigenvalue weighted by molar-refractivity contribution is 0.0161. The summed E-state index contributed by atoms with van der Waals surface area (Å²) in [5.74, 6) is -0.362. The van der Waals surface area contributed by atoms with Crippen molar-refractivity contribution in [1.82, 2.24) is 10.2 Å². The van der Waals surface area contributed by atoms with Crippen molar-refractivity contribution in [1.29, 1.82) is 0 Å². The molecule has 0 radical (unpaired) electrons. The number of ether oxygens (including phenoxy) is 1. The number of hydrogen-bond acceptors (Lipinski definition) is 5. The van der Waals surface area contributed by atoms with Gasteiger partial charge in [-0.3, -0.25) is 14.5 Å². The van der Waals surface area contributed by atoms with Gasteiger partial charge in [-0.2, -0.15) is 0 Å². The van der Waals surface area contributed by atoms with E-state index in [9.17, 15) is 9.59 Å². The molecule has 1 atom stereocenters. The van der Waals surface area contributed by atoms with Crippen LogP contribution in [0, 0.1) is 6.92 Å². The SMILES string of the molecule is Cc1ccc2oc(C(=O)NCC(c3ccc(C(C)(C)C)cc3)N3CCOCC3)cc(=O)c2c1. The molecule has 1 N–H and O–H groups in total. The van der Waals surface area contributed by atoms with Crippen LogP contribution in [0.3, 0.4) is 0 Å². The molecule has 2 heterocycles. The number of carbonyl (C=O) groups is 1. The Morgan fingerprint density at radius 3 is 2.42 bits per heavy atom. The number of carbonyl (C=O) groups excluding carboxylic acids is 1. The van der Waals surface area contributed by atoms with E-state index < -0.39 is 0 Å². The van der Waals surface area contributed by atoms with E-state index in [0.717, 1.165) is 24.2 Å². The molecule has 6 heteroatoms. The molecule has 0 spiro atoms. The standard InChI is InChI=1S/C27H32N2O4/c1-18-5-10-24-21(15-18)23(30)16-25(33-24)26(31)28-17-22(29-11-13-32-14-12-29)19-6-8-20(9-7-19)27(2,3)4/h5-10,15-16,22H,11-14,17H2,1-4H3,(H,28,31). The minimum Gasteiger partial charge on any atom is -0.451 e. The van der Waals surface area contributed by atoms with Crippen molar-refractivity contribution in [3.63, 3.8) is 0 Å². The predicted octanol–water partition coefficient (Wildman–Crippen LogP) is 4.20. The number of benzene rings is 2. The van der Waals surface area contributed by atoms with Gasteiger partial charge < -0.3 is 14.5 Å². The Hall–Kier alpha value is -2.96. The van der Waals surface area contributed by atoms with Crippen molar-refractivity contribution in [3.8, 4) is 0 Å². The zero-order chi connectivity index (χ0) is 23.6. The highest BCUT2D eigenvalue weighted by Gasteiger charge is 2.25. The van der Waals surface area contributed by atoms with E-state index in [1.54, 1.807) is 12.1 Å². The summed E-state index contributed by atoms with van der Waals surface area (Å²) in [7, 11) is 0. The summed E-state index contributed by atoms with van der Waals surface area (Å²) in [5, 5.41) is 3.47. The first-order chi connectivity index (χ1) is 15.7. The lowest BCUT2D eigenvalue weighted by Gasteiger charge is -2.35. The Balaban J connectivity index is 1.55. The predicted molar refractivity (Wildman–Crippen MR) is 130 cm³/mol. The highest BCUT2D eigenvalue weighted by atomic mass is 16.5. The van der Waals surface area contributed by atoms with Gasteiger partial charge in [-0.15, -0.1) is 0 Å². The van der Waals surface area contributed by atoms with Gasteiger partial charge in [0.25, 0.3) is 5.91 Å². The molecule has 6 nitrogen and oxygen atoms in total. The molecule has 1 aliphatic rings. The quantitative estimate of drug-likeness (QED) is 0.633. The van der Waals surface area contributed by atoms with Crippen molar-refractivity contribution in [2.24, 2.45) is 0 Å². The first-order valence-electron chi connectivity index (χ1n) is 11.5. The minimum absolute atomic E-state index is 0.00157. The smallest absolute Gasteiger partial charge is 0.287 e. The average Bonchev–Trinajstić information content (AvgIpc) is 2.80. The molecule has 33 heavy (non-hydrogen) atoms. The van der Waals surface area contributed by atoms with Gasteiger partial charge in [-0.25, -0.2) is 0 Å². The maximum atomic E-state index is 12.9. The van der Waals surface area contributed by atoms with Gasteiger partial charge in [0.05, 0.1) is 24.6 Å². The number of morpholine rings is 1. The Labute approximate surface area is 194 Å². The van der Waals surface area contributed by atoms with Gasteiger partial charge in [-0.1, -0.05) is 56.7 Å². The summed E-state index contributed by atoms with van der Waals surface area (Å²) < 4.78 is 11.3. The van der Waals surface area contributed by atoms with Gasteiger partial charge in [-0.05, 0) is 35.6 Å². The highest BCUT2D eigenvalue weighted by molar-refractivity contribution is 5.93. The van der Waals surface area contributed by atoms with Crippen LogP contribution >= 0.6 is 0 Å². The second kappa shape index (κ2) is 9.49. The van der Waals surface area contributed by atoms with Gasteiger partial charge in [0.1, 0.15) is 5.58 Å². The number of rotatable bonds is 5. The summed E-state index contributed by atoms with van der Waals surface area (Å²) >= 11 is 0. The monoisotopic (exact) mass is 448 g/mol. The fourth-order valence-electron chi connectivity index (χ4n) is 4.21. The van der Waals surface area contributed by atoms with Crippen LogP contribution in [0.25, 0.3) is 11.0 Å². The van der Waals surface area contributed by atoms with Gasteiger partial charge in [0, 0.05) is 25.7 Å². The maximum absolute atomic E-state index is 12.9. The highest BCUT2D eigenvalue weighted by Crippen LogP contribution is 2.27. The molecule has 1 amide bonds. The van der Waals surface area contributed by atoms with Gasteiger partial charge >= 0.3 is 0 Å². The number of fused-ring (bicyclic) bond motifs is 1. The molecule has 174 valence electrons. The minimum atomic E-state index is -0.390. The fraction of sp³-hybridized carbons (Fsp3) is 0.407. The van der Waals surface area contributed by atoms with Crippen molar-refractivity contribution < 1.29 is 13.9 Å². The number of nitrogens with one attached hydrogen (secondary N) is 1. The molecule has 1 unspecified atom stereocenters. The molecule has 1 saturated heterocycles. The largest absolute Gasteiger partial charge is 0.451 e. The van der Waals surface area contributed by atoms with Crippen LogP contribution in [-0.4, -0.2) is 43.7 Å². The maximum Gasteiger partial charge on any atom is 0.287 e. The lowest BCUT2D eigenvalue weighted by atomic mass is 9.86. The van der Waals surface area contributed by atoms with Crippen LogP contribution < -0.4 is 10.7 Å². The zero-order valence-corrected chi connectivity index (χ0v) is 19.8. The van der Waals surface area contributed by atoms with Crippen LogP contribution in [0.1, 0.15) is 54.1 Å². The van der Waals surface area contributed by atoms with Gasteiger partial charge in [0.2, 0.25) is 0 Å². The van der Waals surface area contributed by atoms with E-state index in [1.807, 2.05) is 13.0 Å². The first-order valence-corrected chi connectivity index (χ1v) is 11.5. The summed E-state index contributed by atoms with van der Waals surface area (Å²) in [6, 6.07) is 15.3. The third-order valence-electron chi connectivity index (χ3n) is 6.21. The second-order valence-electron chi connectivity index (χ2n) is 9.72. The Morgan fingerprint density at radius 1 is 1.06 bits per heavy atom. The van der Waals surface area contributed by atoms with E-state index in [1.165, 1.54) is 11.6 Å². The van der Waals surface area contributed by atoms with E-state index in [0.29, 0.717) is 30.7 Å². The van der Waals surface area contributed by atoms with E-state index in [4.69, 9.17) is 9.15 Å². The summed E-state index contributed by atoms with van der Waals surface area (Å²) in [4.78, 5) is 27.8. The molecule has 0 bridgehead atoms. The summed E-state index contributed by atoms with van der Waals surface area (Å²) in [6.45, 7) is 11.8. The molecule has 2 aromatic carbocycles. The van der Waals surface area contributed by atoms with Crippen molar-refractivity contribution in [3.05, 3.63) is 81.2 Å². The van der Waals surface area contributed by atoms with Crippen LogP contribution in [0.15, 0.2) is 57.7 Å². The third kappa shape index (κ3) is 5.34. The molecular formula is C27H32N2O4. The van der Waals surface area contributed by atoms with Crippen molar-refractivity contribution in [2.75, 3.05) is 32.8 Å². The molecule has 1 aliphatic heterocycles. The molecule has 3 aromatic rings. The average molecular weight is 449 g/mol. The second-order valence-corrected chi connectivity index (χ2v) is 9.72. The van der Waals surface area contributed by atoms with E-state index >= 15 is 0 Å². The number of aryl methyl sites for hydroxylation is 1.